The van der Waals surface area contributed by atoms with E-state index in [0.717, 1.165) is 0 Å². The highest BCUT2D eigenvalue weighted by atomic mass is 35.5. The minimum absolute atomic E-state index is 0.0991. The van der Waals surface area contributed by atoms with Crippen LogP contribution in [0.25, 0.3) is 0 Å². The van der Waals surface area contributed by atoms with Gasteiger partial charge in [0, 0.05) is 5.69 Å². The molecule has 2 fully saturated rings. The zero-order chi connectivity index (χ0) is 23.0. The second kappa shape index (κ2) is 9.40. The van der Waals surface area contributed by atoms with Crippen LogP contribution in [0.3, 0.4) is 0 Å². The first-order valence-electron chi connectivity index (χ1n) is 9.00. The summed E-state index contributed by atoms with van der Waals surface area (Å²) < 4.78 is 46.7. The lowest BCUT2D eigenvalue weighted by atomic mass is 10.2. The first-order valence-corrected chi connectivity index (χ1v) is 14.3. The Balaban J connectivity index is 1.60. The highest BCUT2D eigenvalue weighted by molar-refractivity contribution is 7.92. The molecule has 172 valence electrons. The number of phenols is 1. The molecule has 0 bridgehead atoms. The molecule has 2 aliphatic heterocycles. The SMILES string of the molecule is O=S1(=O)CC(Cl)C(NC(=S)Nc2ccc(O)c(NC(=S)NC3CS(=O)(=O)CC3Cl)c2)C1. The number of hydrogen-bond donors (Lipinski definition) is 5. The van der Waals surface area contributed by atoms with E-state index in [9.17, 15) is 21.9 Å². The molecule has 0 radical (unpaired) electrons. The maximum Gasteiger partial charge on any atom is 0.171 e. The summed E-state index contributed by atoms with van der Waals surface area (Å²) in [6, 6.07) is 3.45. The maximum atomic E-state index is 11.7. The van der Waals surface area contributed by atoms with Crippen molar-refractivity contribution in [1.29, 1.82) is 0 Å². The van der Waals surface area contributed by atoms with E-state index in [-0.39, 0.29) is 44.7 Å². The number of aromatic hydroxyl groups is 1. The molecule has 2 aliphatic rings. The summed E-state index contributed by atoms with van der Waals surface area (Å²) in [6.07, 6.45) is 0. The number of phenolic OH excluding ortho intramolecular Hbond substituents is 1. The molecule has 2 heterocycles. The van der Waals surface area contributed by atoms with Crippen LogP contribution in [-0.4, -0.2) is 78.0 Å². The normalized spacial score (nSPS) is 28.6. The fraction of sp³-hybridized carbons (Fsp3) is 0.500. The van der Waals surface area contributed by atoms with Gasteiger partial charge in [-0.1, -0.05) is 0 Å². The Morgan fingerprint density at radius 3 is 1.81 bits per heavy atom. The summed E-state index contributed by atoms with van der Waals surface area (Å²) in [5, 5.41) is 20.6. The fourth-order valence-corrected chi connectivity index (χ4v) is 8.88. The van der Waals surface area contributed by atoms with E-state index in [0.29, 0.717) is 5.69 Å². The minimum Gasteiger partial charge on any atom is -0.506 e. The molecule has 0 aromatic heterocycles. The number of anilines is 2. The fourth-order valence-electron chi connectivity index (χ4n) is 3.25. The Kier molecular flexibility index (Phi) is 7.43. The zero-order valence-electron chi connectivity index (χ0n) is 15.8. The van der Waals surface area contributed by atoms with Crippen molar-refractivity contribution < 1.29 is 21.9 Å². The van der Waals surface area contributed by atoms with E-state index in [1.807, 2.05) is 0 Å². The van der Waals surface area contributed by atoms with Crippen LogP contribution in [0.2, 0.25) is 0 Å². The van der Waals surface area contributed by atoms with Gasteiger partial charge >= 0.3 is 0 Å². The van der Waals surface area contributed by atoms with Gasteiger partial charge in [-0.3, -0.25) is 0 Å². The Labute approximate surface area is 201 Å². The molecule has 4 unspecified atom stereocenters. The number of nitrogens with one attached hydrogen (secondary N) is 4. The van der Waals surface area contributed by atoms with Gasteiger partial charge in [0.25, 0.3) is 0 Å². The first-order chi connectivity index (χ1) is 14.3. The largest absolute Gasteiger partial charge is 0.506 e. The number of thiocarbonyl (C=S) groups is 2. The second-order valence-corrected chi connectivity index (χ2v) is 13.6. The molecule has 0 saturated carbocycles. The number of alkyl halides is 2. The highest BCUT2D eigenvalue weighted by Gasteiger charge is 2.37. The van der Waals surface area contributed by atoms with Gasteiger partial charge in [0.15, 0.2) is 29.9 Å². The van der Waals surface area contributed by atoms with Crippen molar-refractivity contribution in [1.82, 2.24) is 10.6 Å². The van der Waals surface area contributed by atoms with Crippen LogP contribution in [-0.2, 0) is 19.7 Å². The summed E-state index contributed by atoms with van der Waals surface area (Å²) in [7, 11) is -6.43. The van der Waals surface area contributed by atoms with Crippen molar-refractivity contribution in [2.75, 3.05) is 33.6 Å². The molecule has 1 aromatic rings. The molecule has 4 atom stereocenters. The van der Waals surface area contributed by atoms with Crippen LogP contribution in [0.4, 0.5) is 11.4 Å². The molecule has 9 nitrogen and oxygen atoms in total. The molecule has 3 rings (SSSR count). The van der Waals surface area contributed by atoms with Gasteiger partial charge < -0.3 is 26.4 Å². The van der Waals surface area contributed by atoms with Gasteiger partial charge in [0.1, 0.15) is 5.75 Å². The number of benzene rings is 1. The van der Waals surface area contributed by atoms with Crippen molar-refractivity contribution in [3.05, 3.63) is 18.2 Å². The standard InChI is InChI=1S/C16H20Cl2N4O5S4/c17-9-4-30(24,25)6-12(9)21-15(28)19-8-1-2-14(23)11(3-8)20-16(29)22-13-7-31(26,27)5-10(13)18/h1-3,9-10,12-13,23H,4-7H2,(H2,19,21,28)(H2,20,22,29). The van der Waals surface area contributed by atoms with Crippen LogP contribution in [0.5, 0.6) is 5.75 Å². The van der Waals surface area contributed by atoms with Gasteiger partial charge in [-0.15, -0.1) is 23.2 Å². The number of rotatable bonds is 4. The second-order valence-electron chi connectivity index (χ2n) is 7.33. The lowest BCUT2D eigenvalue weighted by Gasteiger charge is -2.19. The summed E-state index contributed by atoms with van der Waals surface area (Å²) >= 11 is 22.6. The van der Waals surface area contributed by atoms with Crippen LogP contribution < -0.4 is 21.3 Å². The van der Waals surface area contributed by atoms with Crippen LogP contribution in [0, 0.1) is 0 Å². The molecule has 15 heteroatoms. The zero-order valence-corrected chi connectivity index (χ0v) is 20.6. The molecular weight excluding hydrogens is 527 g/mol. The Morgan fingerprint density at radius 2 is 1.35 bits per heavy atom. The van der Waals surface area contributed by atoms with Crippen molar-refractivity contribution >= 4 is 88.9 Å². The topological polar surface area (TPSA) is 137 Å². The third-order valence-electron chi connectivity index (χ3n) is 4.70. The smallest absolute Gasteiger partial charge is 0.171 e. The average Bonchev–Trinajstić information content (AvgIpc) is 3.02. The van der Waals surface area contributed by atoms with E-state index in [1.165, 1.54) is 12.1 Å². The summed E-state index contributed by atoms with van der Waals surface area (Å²) in [4.78, 5) is 0. The average molecular weight is 548 g/mol. The number of hydrogen-bond acceptors (Lipinski definition) is 7. The van der Waals surface area contributed by atoms with Crippen molar-refractivity contribution in [3.63, 3.8) is 0 Å². The van der Waals surface area contributed by atoms with E-state index in [2.05, 4.69) is 21.3 Å². The summed E-state index contributed by atoms with van der Waals surface area (Å²) in [6.45, 7) is 0. The lowest BCUT2D eigenvalue weighted by molar-refractivity contribution is 0.478. The van der Waals surface area contributed by atoms with Gasteiger partial charge in [-0.25, -0.2) is 16.8 Å². The van der Waals surface area contributed by atoms with Crippen LogP contribution in [0.15, 0.2) is 18.2 Å². The van der Waals surface area contributed by atoms with Gasteiger partial charge in [0.05, 0.1) is 51.5 Å². The quantitative estimate of drug-likeness (QED) is 0.158. The predicted octanol–water partition coefficient (Wildman–Crippen LogP) is 0.774. The van der Waals surface area contributed by atoms with Crippen LogP contribution >= 0.6 is 47.6 Å². The van der Waals surface area contributed by atoms with Gasteiger partial charge in [0.2, 0.25) is 0 Å². The lowest BCUT2D eigenvalue weighted by Crippen LogP contribution is -2.43. The molecule has 1 aromatic carbocycles. The predicted molar refractivity (Wildman–Crippen MR) is 131 cm³/mol. The number of halogens is 2. The molecule has 0 spiro atoms. The summed E-state index contributed by atoms with van der Waals surface area (Å²) in [5.41, 5.74) is 0.738. The first kappa shape index (κ1) is 24.5. The Hall–Kier alpha value is -1.12. The molecule has 2 saturated heterocycles. The molecule has 0 amide bonds. The van der Waals surface area contributed by atoms with Crippen molar-refractivity contribution in [2.24, 2.45) is 0 Å². The molecule has 31 heavy (non-hydrogen) atoms. The number of sulfone groups is 2. The summed E-state index contributed by atoms with van der Waals surface area (Å²) in [5.74, 6) is -0.579. The molecule has 0 aliphatic carbocycles. The third kappa shape index (κ3) is 6.68. The molecule has 5 N–H and O–H groups in total. The minimum atomic E-state index is -3.22. The Bertz CT molecular complexity index is 1100. The van der Waals surface area contributed by atoms with Crippen LogP contribution in [0.1, 0.15) is 0 Å². The maximum absolute atomic E-state index is 11.7. The van der Waals surface area contributed by atoms with Crippen molar-refractivity contribution in [2.45, 2.75) is 22.8 Å². The van der Waals surface area contributed by atoms with E-state index in [4.69, 9.17) is 47.6 Å². The van der Waals surface area contributed by atoms with Crippen molar-refractivity contribution in [3.8, 4) is 5.75 Å². The van der Waals surface area contributed by atoms with E-state index < -0.39 is 42.5 Å². The third-order valence-corrected chi connectivity index (χ3v) is 9.89. The van der Waals surface area contributed by atoms with Gasteiger partial charge in [-0.05, 0) is 42.6 Å². The van der Waals surface area contributed by atoms with E-state index in [1.54, 1.807) is 6.07 Å². The molecular formula is C16H20Cl2N4O5S4. The van der Waals surface area contributed by atoms with Gasteiger partial charge in [-0.2, -0.15) is 0 Å². The van der Waals surface area contributed by atoms with E-state index >= 15 is 0 Å². The monoisotopic (exact) mass is 546 g/mol. The highest BCUT2D eigenvalue weighted by Crippen LogP contribution is 2.27. The Morgan fingerprint density at radius 1 is 0.871 bits per heavy atom.